The van der Waals surface area contributed by atoms with Gasteiger partial charge in [-0.05, 0) is 37.1 Å². The van der Waals surface area contributed by atoms with Gasteiger partial charge in [0.15, 0.2) is 0 Å². The van der Waals surface area contributed by atoms with Crippen LogP contribution in [-0.4, -0.2) is 0 Å². The molecule has 102 valence electrons. The van der Waals surface area contributed by atoms with Gasteiger partial charge in [-0.3, -0.25) is 0 Å². The fourth-order valence-electron chi connectivity index (χ4n) is 2.62. The maximum absolute atomic E-state index is 6.25. The summed E-state index contributed by atoms with van der Waals surface area (Å²) in [6.45, 7) is 8.33. The van der Waals surface area contributed by atoms with Crippen molar-refractivity contribution >= 4 is 23.0 Å². The first-order valence-electron chi connectivity index (χ1n) is 6.64. The summed E-state index contributed by atoms with van der Waals surface area (Å²) in [6.07, 6.45) is 0.0216. The molecule has 1 heterocycles. The number of halogens is 1. The van der Waals surface area contributed by atoms with Crippen LogP contribution in [0.1, 0.15) is 28.4 Å². The number of fused-ring (bicyclic) bond motifs is 1. The molecule has 1 aliphatic rings. The van der Waals surface area contributed by atoms with Crippen molar-refractivity contribution < 1.29 is 0 Å². The molecule has 0 aromatic heterocycles. The van der Waals surface area contributed by atoms with Crippen LogP contribution in [0.3, 0.4) is 0 Å². The van der Waals surface area contributed by atoms with Crippen LogP contribution in [-0.2, 0) is 0 Å². The minimum Gasteiger partial charge on any atom is -0.362 e. The number of hydrogen-bond donors (Lipinski definition) is 2. The van der Waals surface area contributed by atoms with Gasteiger partial charge >= 0.3 is 0 Å². The highest BCUT2D eigenvalue weighted by molar-refractivity contribution is 6.33. The van der Waals surface area contributed by atoms with Crippen molar-refractivity contribution in [2.24, 2.45) is 0 Å². The zero-order chi connectivity index (χ0) is 14.3. The highest BCUT2D eigenvalue weighted by Crippen LogP contribution is 2.36. The number of benzene rings is 2. The van der Waals surface area contributed by atoms with Crippen LogP contribution in [0.15, 0.2) is 43.0 Å². The van der Waals surface area contributed by atoms with Crippen LogP contribution in [0.2, 0.25) is 5.02 Å². The molecule has 0 spiro atoms. The molecule has 0 aliphatic carbocycles. The molecule has 2 N–H and O–H groups in total. The zero-order valence-corrected chi connectivity index (χ0v) is 12.4. The fourth-order valence-corrected chi connectivity index (χ4v) is 2.90. The van der Waals surface area contributed by atoms with E-state index in [1.807, 2.05) is 18.2 Å². The fraction of sp³-hybridized carbons (Fsp3) is 0.176. The molecule has 0 saturated heterocycles. The molecule has 0 fully saturated rings. The van der Waals surface area contributed by atoms with E-state index >= 15 is 0 Å². The Labute approximate surface area is 124 Å². The van der Waals surface area contributed by atoms with Crippen molar-refractivity contribution in [2.45, 2.75) is 20.0 Å². The standard InChI is InChI=1S/C17H17ClN2/c1-10-7-8-11(2)13(9-10)17-19-12(3)16-14(18)5-4-6-15(16)20-17/h4-9,17,19-20H,3H2,1-2H3. The van der Waals surface area contributed by atoms with Gasteiger partial charge in [-0.1, -0.05) is 48.0 Å². The minimum atomic E-state index is 0.0216. The average Bonchev–Trinajstić information content (AvgIpc) is 2.41. The van der Waals surface area contributed by atoms with Crippen molar-refractivity contribution in [1.82, 2.24) is 5.32 Å². The summed E-state index contributed by atoms with van der Waals surface area (Å²) in [5.41, 5.74) is 6.56. The van der Waals surface area contributed by atoms with Gasteiger partial charge in [0.05, 0.1) is 5.02 Å². The Hall–Kier alpha value is -1.93. The molecule has 0 amide bonds. The summed E-state index contributed by atoms with van der Waals surface area (Å²) in [5, 5.41) is 7.62. The lowest BCUT2D eigenvalue weighted by atomic mass is 9.99. The first-order chi connectivity index (χ1) is 9.56. The van der Waals surface area contributed by atoms with Gasteiger partial charge < -0.3 is 10.6 Å². The maximum atomic E-state index is 6.25. The Morgan fingerprint density at radius 2 is 1.90 bits per heavy atom. The molecule has 2 aromatic carbocycles. The summed E-state index contributed by atoms with van der Waals surface area (Å²) < 4.78 is 0. The third kappa shape index (κ3) is 2.16. The topological polar surface area (TPSA) is 24.1 Å². The van der Waals surface area contributed by atoms with Gasteiger partial charge in [0.2, 0.25) is 0 Å². The van der Waals surface area contributed by atoms with Crippen LogP contribution in [0, 0.1) is 13.8 Å². The van der Waals surface area contributed by atoms with Crippen LogP contribution in [0.5, 0.6) is 0 Å². The van der Waals surface area contributed by atoms with E-state index in [0.717, 1.165) is 16.9 Å². The summed E-state index contributed by atoms with van der Waals surface area (Å²) in [6, 6.07) is 12.3. The van der Waals surface area contributed by atoms with Crippen molar-refractivity contribution in [2.75, 3.05) is 5.32 Å². The molecule has 1 aliphatic heterocycles. The molecular formula is C17H17ClN2. The van der Waals surface area contributed by atoms with Crippen molar-refractivity contribution in [1.29, 1.82) is 0 Å². The normalized spacial score (nSPS) is 17.1. The van der Waals surface area contributed by atoms with Crippen LogP contribution in [0.25, 0.3) is 5.70 Å². The Balaban J connectivity index is 2.04. The Bertz CT molecular complexity index is 691. The molecule has 0 radical (unpaired) electrons. The molecule has 20 heavy (non-hydrogen) atoms. The molecule has 3 heteroatoms. The quantitative estimate of drug-likeness (QED) is 0.797. The van der Waals surface area contributed by atoms with E-state index < -0.39 is 0 Å². The molecule has 3 rings (SSSR count). The van der Waals surface area contributed by atoms with E-state index in [1.54, 1.807) is 0 Å². The highest BCUT2D eigenvalue weighted by atomic mass is 35.5. The molecule has 1 unspecified atom stereocenters. The smallest absolute Gasteiger partial charge is 0.123 e. The Morgan fingerprint density at radius 3 is 2.70 bits per heavy atom. The van der Waals surface area contributed by atoms with E-state index in [2.05, 4.69) is 49.3 Å². The van der Waals surface area contributed by atoms with Crippen LogP contribution in [0.4, 0.5) is 5.69 Å². The SMILES string of the molecule is C=C1NC(c2cc(C)ccc2C)Nc2cccc(Cl)c21. The van der Waals surface area contributed by atoms with Gasteiger partial charge in [-0.25, -0.2) is 0 Å². The largest absolute Gasteiger partial charge is 0.362 e. The number of nitrogens with one attached hydrogen (secondary N) is 2. The second-order valence-corrected chi connectivity index (χ2v) is 5.63. The monoisotopic (exact) mass is 284 g/mol. The molecule has 0 saturated carbocycles. The summed E-state index contributed by atoms with van der Waals surface area (Å²) in [7, 11) is 0. The molecular weight excluding hydrogens is 268 g/mol. The van der Waals surface area contributed by atoms with Crippen molar-refractivity contribution in [3.8, 4) is 0 Å². The average molecular weight is 285 g/mol. The van der Waals surface area contributed by atoms with E-state index in [9.17, 15) is 0 Å². The lowest BCUT2D eigenvalue weighted by Gasteiger charge is -2.32. The van der Waals surface area contributed by atoms with Crippen molar-refractivity contribution in [3.05, 3.63) is 70.3 Å². The van der Waals surface area contributed by atoms with Gasteiger partial charge in [-0.2, -0.15) is 0 Å². The van der Waals surface area contributed by atoms with Crippen LogP contribution < -0.4 is 10.6 Å². The van der Waals surface area contributed by atoms with E-state index in [1.165, 1.54) is 16.7 Å². The van der Waals surface area contributed by atoms with E-state index in [-0.39, 0.29) is 6.17 Å². The third-order valence-electron chi connectivity index (χ3n) is 3.68. The van der Waals surface area contributed by atoms with Crippen LogP contribution >= 0.6 is 11.6 Å². The molecule has 2 nitrogen and oxygen atoms in total. The van der Waals surface area contributed by atoms with E-state index in [0.29, 0.717) is 5.02 Å². The Morgan fingerprint density at radius 1 is 1.10 bits per heavy atom. The second kappa shape index (κ2) is 4.88. The molecule has 1 atom stereocenters. The van der Waals surface area contributed by atoms with Gasteiger partial charge in [0.25, 0.3) is 0 Å². The number of rotatable bonds is 1. The van der Waals surface area contributed by atoms with E-state index in [4.69, 9.17) is 11.6 Å². The third-order valence-corrected chi connectivity index (χ3v) is 3.99. The summed E-state index contributed by atoms with van der Waals surface area (Å²) in [4.78, 5) is 0. The van der Waals surface area contributed by atoms with Gasteiger partial charge in [0.1, 0.15) is 6.17 Å². The Kier molecular flexibility index (Phi) is 3.19. The first kappa shape index (κ1) is 13.1. The molecule has 2 aromatic rings. The zero-order valence-electron chi connectivity index (χ0n) is 11.6. The highest BCUT2D eigenvalue weighted by Gasteiger charge is 2.23. The predicted molar refractivity (Wildman–Crippen MR) is 85.9 cm³/mol. The predicted octanol–water partition coefficient (Wildman–Crippen LogP) is 4.64. The van der Waals surface area contributed by atoms with Crippen molar-refractivity contribution in [3.63, 3.8) is 0 Å². The second-order valence-electron chi connectivity index (χ2n) is 5.22. The summed E-state index contributed by atoms with van der Waals surface area (Å²) >= 11 is 6.25. The van der Waals surface area contributed by atoms with Gasteiger partial charge in [0, 0.05) is 16.9 Å². The minimum absolute atomic E-state index is 0.0216. The van der Waals surface area contributed by atoms with Gasteiger partial charge in [-0.15, -0.1) is 0 Å². The number of anilines is 1. The number of aryl methyl sites for hydroxylation is 2. The molecule has 0 bridgehead atoms. The maximum Gasteiger partial charge on any atom is 0.123 e. The lowest BCUT2D eigenvalue weighted by molar-refractivity contribution is 0.698. The first-order valence-corrected chi connectivity index (χ1v) is 7.02. The summed E-state index contributed by atoms with van der Waals surface area (Å²) in [5.74, 6) is 0. The lowest BCUT2D eigenvalue weighted by Crippen LogP contribution is -2.32. The number of hydrogen-bond acceptors (Lipinski definition) is 2.